The van der Waals surface area contributed by atoms with Gasteiger partial charge in [-0.25, -0.2) is 0 Å². The third-order valence-electron chi connectivity index (χ3n) is 9.37. The van der Waals surface area contributed by atoms with Crippen LogP contribution in [0.5, 0.6) is 11.5 Å². The van der Waals surface area contributed by atoms with Crippen molar-refractivity contribution in [2.75, 3.05) is 51.8 Å². The van der Waals surface area contributed by atoms with Crippen LogP contribution in [0.4, 0.5) is 5.69 Å². The molecule has 0 aromatic heterocycles. The average Bonchev–Trinajstić information content (AvgIpc) is 3.28. The summed E-state index contributed by atoms with van der Waals surface area (Å²) in [6, 6.07) is 14.4. The van der Waals surface area contributed by atoms with Crippen molar-refractivity contribution in [1.29, 1.82) is 0 Å². The highest BCUT2D eigenvalue weighted by atomic mass is 16.5. The zero-order chi connectivity index (χ0) is 25.7. The number of rotatable bonds is 4. The van der Waals surface area contributed by atoms with Crippen LogP contribution in [0, 0.1) is 17.8 Å². The molecule has 1 aliphatic carbocycles. The van der Waals surface area contributed by atoms with Gasteiger partial charge in [-0.1, -0.05) is 19.1 Å². The number of piperazine rings is 1. The van der Waals surface area contributed by atoms with Gasteiger partial charge < -0.3 is 24.2 Å². The number of nitrogens with zero attached hydrogens (tertiary/aromatic N) is 3. The molecule has 3 fully saturated rings. The van der Waals surface area contributed by atoms with Crippen molar-refractivity contribution < 1.29 is 19.1 Å². The summed E-state index contributed by atoms with van der Waals surface area (Å²) in [5.41, 5.74) is 3.26. The molecule has 0 radical (unpaired) electrons. The number of carbonyl (C=O) groups excluding carboxylic acids is 2. The fourth-order valence-corrected chi connectivity index (χ4v) is 7.74. The van der Waals surface area contributed by atoms with Gasteiger partial charge in [-0.15, -0.1) is 0 Å². The first-order valence-corrected chi connectivity index (χ1v) is 13.6. The summed E-state index contributed by atoms with van der Waals surface area (Å²) < 4.78 is 10.9. The summed E-state index contributed by atoms with van der Waals surface area (Å²) in [5, 5.41) is 0. The summed E-state index contributed by atoms with van der Waals surface area (Å²) in [6.45, 7) is 5.97. The molecule has 2 aromatic carbocycles. The van der Waals surface area contributed by atoms with E-state index < -0.39 is 0 Å². The number of ether oxygens (including phenoxy) is 2. The van der Waals surface area contributed by atoms with Crippen molar-refractivity contribution in [2.24, 2.45) is 17.8 Å². The van der Waals surface area contributed by atoms with Crippen molar-refractivity contribution >= 4 is 17.5 Å². The maximum absolute atomic E-state index is 14.1. The number of hydrogen-bond acceptors (Lipinski definition) is 5. The third-order valence-corrected chi connectivity index (χ3v) is 9.37. The first-order valence-electron chi connectivity index (χ1n) is 13.6. The van der Waals surface area contributed by atoms with Crippen LogP contribution in [0.3, 0.4) is 0 Å². The van der Waals surface area contributed by atoms with Gasteiger partial charge in [-0.05, 0) is 60.6 Å². The molecule has 2 unspecified atom stereocenters. The van der Waals surface area contributed by atoms with Gasteiger partial charge in [0.15, 0.2) is 0 Å². The first-order chi connectivity index (χ1) is 18.0. The van der Waals surface area contributed by atoms with E-state index in [1.807, 2.05) is 18.2 Å². The molecule has 3 aliphatic heterocycles. The summed E-state index contributed by atoms with van der Waals surface area (Å²) in [5.74, 6) is 2.25. The Morgan fingerprint density at radius 2 is 1.73 bits per heavy atom. The number of anilines is 1. The number of fused-ring (bicyclic) bond motifs is 1. The van der Waals surface area contributed by atoms with Gasteiger partial charge in [-0.3, -0.25) is 9.59 Å². The molecule has 196 valence electrons. The van der Waals surface area contributed by atoms with Gasteiger partial charge in [0.05, 0.1) is 19.8 Å². The largest absolute Gasteiger partial charge is 0.497 e. The highest BCUT2D eigenvalue weighted by Gasteiger charge is 2.64. The second-order valence-corrected chi connectivity index (χ2v) is 11.1. The summed E-state index contributed by atoms with van der Waals surface area (Å²) in [7, 11) is 3.38. The zero-order valence-electron chi connectivity index (χ0n) is 22.1. The molecular formula is C30H37N3O4. The minimum Gasteiger partial charge on any atom is -0.497 e. The van der Waals surface area contributed by atoms with Gasteiger partial charge in [-0.2, -0.15) is 0 Å². The Hall–Kier alpha value is -3.22. The highest BCUT2D eigenvalue weighted by molar-refractivity contribution is 5.86. The Morgan fingerprint density at radius 3 is 2.49 bits per heavy atom. The van der Waals surface area contributed by atoms with E-state index in [1.165, 1.54) is 11.1 Å². The molecule has 2 saturated heterocycles. The molecule has 0 bridgehead atoms. The quantitative estimate of drug-likeness (QED) is 0.637. The molecule has 3 heterocycles. The van der Waals surface area contributed by atoms with E-state index in [1.54, 1.807) is 14.2 Å². The molecule has 7 heteroatoms. The minimum absolute atomic E-state index is 0.0177. The number of hydrogen-bond donors (Lipinski definition) is 0. The third kappa shape index (κ3) is 3.77. The van der Waals surface area contributed by atoms with E-state index in [0.29, 0.717) is 19.5 Å². The topological polar surface area (TPSA) is 62.3 Å². The highest BCUT2D eigenvalue weighted by Crippen LogP contribution is 2.60. The van der Waals surface area contributed by atoms with E-state index in [2.05, 4.69) is 45.9 Å². The normalized spacial score (nSPS) is 28.9. The van der Waals surface area contributed by atoms with Crippen molar-refractivity contribution in [1.82, 2.24) is 9.80 Å². The van der Waals surface area contributed by atoms with Gasteiger partial charge >= 0.3 is 0 Å². The van der Waals surface area contributed by atoms with Gasteiger partial charge in [0.25, 0.3) is 0 Å². The van der Waals surface area contributed by atoms with E-state index in [-0.39, 0.29) is 35.1 Å². The number of aryl methyl sites for hydroxylation is 1. The maximum Gasteiger partial charge on any atom is 0.226 e. The molecule has 6 rings (SSSR count). The lowest BCUT2D eigenvalue weighted by molar-refractivity contribution is -0.138. The second-order valence-electron chi connectivity index (χ2n) is 11.1. The van der Waals surface area contributed by atoms with Crippen molar-refractivity contribution in [3.05, 3.63) is 53.6 Å². The Morgan fingerprint density at radius 1 is 0.973 bits per heavy atom. The molecular weight excluding hydrogens is 466 g/mol. The fraction of sp³-hybridized carbons (Fsp3) is 0.533. The first kappa shape index (κ1) is 24.1. The standard InChI is InChI=1S/C30H37N3O4/c1-20-19-30-25-10-9-24(37-3)16-21(25)6-5-11-33(30)27(34)18-26(30)28(20)29(35)32-14-12-31(13-15-32)22-7-4-8-23(17-22)36-2/h4,7-10,16-17,20,26,28H,5-6,11-15,18-19H2,1-3H3/t20-,26?,28+,30?/m0/s1. The second kappa shape index (κ2) is 9.26. The fourth-order valence-electron chi connectivity index (χ4n) is 7.74. The molecule has 1 saturated carbocycles. The molecule has 2 aromatic rings. The predicted octanol–water partition coefficient (Wildman–Crippen LogP) is 3.70. The zero-order valence-corrected chi connectivity index (χ0v) is 22.1. The van der Waals surface area contributed by atoms with E-state index in [4.69, 9.17) is 9.47 Å². The van der Waals surface area contributed by atoms with Crippen LogP contribution in [-0.2, 0) is 21.5 Å². The van der Waals surface area contributed by atoms with Crippen LogP contribution < -0.4 is 14.4 Å². The van der Waals surface area contributed by atoms with Crippen LogP contribution in [0.25, 0.3) is 0 Å². The van der Waals surface area contributed by atoms with Gasteiger partial charge in [0, 0.05) is 62.7 Å². The van der Waals surface area contributed by atoms with Crippen LogP contribution in [0.1, 0.15) is 37.3 Å². The van der Waals surface area contributed by atoms with Crippen LogP contribution in [0.2, 0.25) is 0 Å². The Labute approximate surface area is 219 Å². The number of carbonyl (C=O) groups is 2. The lowest BCUT2D eigenvalue weighted by Gasteiger charge is -2.40. The molecule has 37 heavy (non-hydrogen) atoms. The van der Waals surface area contributed by atoms with Crippen molar-refractivity contribution in [3.8, 4) is 11.5 Å². The van der Waals surface area contributed by atoms with Crippen LogP contribution in [-0.4, -0.2) is 68.6 Å². The smallest absolute Gasteiger partial charge is 0.226 e. The SMILES string of the molecule is COc1cccc(N2CCN(C(=O)[C@H]3C4CC(=O)N5CCCc6cc(OC)ccc6C45C[C@@H]3C)CC2)c1. The van der Waals surface area contributed by atoms with Crippen molar-refractivity contribution in [2.45, 2.75) is 38.1 Å². The summed E-state index contributed by atoms with van der Waals surface area (Å²) in [6.07, 6.45) is 3.20. The molecule has 7 nitrogen and oxygen atoms in total. The van der Waals surface area contributed by atoms with Crippen molar-refractivity contribution in [3.63, 3.8) is 0 Å². The van der Waals surface area contributed by atoms with Crippen LogP contribution >= 0.6 is 0 Å². The molecule has 4 atom stereocenters. The Balaban J connectivity index is 1.26. The maximum atomic E-state index is 14.1. The summed E-state index contributed by atoms with van der Waals surface area (Å²) in [4.78, 5) is 34.0. The summed E-state index contributed by atoms with van der Waals surface area (Å²) >= 11 is 0. The Bertz CT molecular complexity index is 1210. The van der Waals surface area contributed by atoms with Gasteiger partial charge in [0.2, 0.25) is 11.8 Å². The lowest BCUT2D eigenvalue weighted by Crippen LogP contribution is -2.52. The predicted molar refractivity (Wildman–Crippen MR) is 142 cm³/mol. The molecule has 4 aliphatic rings. The van der Waals surface area contributed by atoms with Gasteiger partial charge in [0.1, 0.15) is 11.5 Å². The monoisotopic (exact) mass is 503 g/mol. The number of benzene rings is 2. The van der Waals surface area contributed by atoms with E-state index in [0.717, 1.165) is 56.1 Å². The van der Waals surface area contributed by atoms with Crippen LogP contribution in [0.15, 0.2) is 42.5 Å². The molecule has 0 N–H and O–H groups in total. The molecule has 1 spiro atoms. The average molecular weight is 504 g/mol. The number of amides is 2. The minimum atomic E-state index is -0.378. The Kier molecular flexibility index (Phi) is 6.04. The number of methoxy groups -OCH3 is 2. The lowest BCUT2D eigenvalue weighted by atomic mass is 9.76. The van der Waals surface area contributed by atoms with E-state index >= 15 is 0 Å². The molecule has 2 amide bonds. The van der Waals surface area contributed by atoms with E-state index in [9.17, 15) is 9.59 Å².